The zero-order valence-corrected chi connectivity index (χ0v) is 13.7. The van der Waals surface area contributed by atoms with Crippen LogP contribution in [0.4, 0.5) is 5.82 Å². The van der Waals surface area contributed by atoms with Crippen molar-refractivity contribution >= 4 is 11.8 Å². The van der Waals surface area contributed by atoms with Crippen molar-refractivity contribution in [3.63, 3.8) is 0 Å². The molecule has 0 radical (unpaired) electrons. The van der Waals surface area contributed by atoms with Gasteiger partial charge in [0.15, 0.2) is 0 Å². The highest BCUT2D eigenvalue weighted by Gasteiger charge is 2.48. The number of rotatable bonds is 4. The Kier molecular flexibility index (Phi) is 4.70. The number of aryl methyl sites for hydroxylation is 1. The maximum Gasteiger partial charge on any atom is 0.314 e. The summed E-state index contributed by atoms with van der Waals surface area (Å²) in [4.78, 5) is 19.0. The molecule has 1 aromatic heterocycles. The van der Waals surface area contributed by atoms with Crippen molar-refractivity contribution in [1.29, 1.82) is 5.26 Å². The average Bonchev–Trinajstić information content (AvgIpc) is 2.94. The summed E-state index contributed by atoms with van der Waals surface area (Å²) in [6, 6.07) is 5.81. The van der Waals surface area contributed by atoms with E-state index in [1.54, 1.807) is 6.07 Å². The molecule has 0 saturated carbocycles. The molecule has 1 saturated heterocycles. The van der Waals surface area contributed by atoms with Crippen LogP contribution in [0.1, 0.15) is 38.4 Å². The lowest BCUT2D eigenvalue weighted by molar-refractivity contribution is -0.156. The van der Waals surface area contributed by atoms with E-state index in [-0.39, 0.29) is 11.9 Å². The highest BCUT2D eigenvalue weighted by molar-refractivity contribution is 5.79. The minimum Gasteiger partial charge on any atom is -0.466 e. The zero-order chi connectivity index (χ0) is 16.3. The molecule has 0 bridgehead atoms. The maximum absolute atomic E-state index is 12.5. The van der Waals surface area contributed by atoms with Crippen LogP contribution in [0.2, 0.25) is 0 Å². The molecule has 0 amide bonds. The second kappa shape index (κ2) is 6.35. The third-order valence-corrected chi connectivity index (χ3v) is 4.52. The van der Waals surface area contributed by atoms with Crippen molar-refractivity contribution in [1.82, 2.24) is 4.98 Å². The van der Waals surface area contributed by atoms with Crippen molar-refractivity contribution in [3.8, 4) is 6.07 Å². The van der Waals surface area contributed by atoms with Crippen LogP contribution in [0, 0.1) is 29.6 Å². The second-order valence-electron chi connectivity index (χ2n) is 6.14. The van der Waals surface area contributed by atoms with Crippen molar-refractivity contribution < 1.29 is 9.53 Å². The number of hydrogen-bond acceptors (Lipinski definition) is 5. The Hall–Kier alpha value is -2.09. The topological polar surface area (TPSA) is 66.2 Å². The fraction of sp³-hybridized carbons (Fsp3) is 0.588. The quantitative estimate of drug-likeness (QED) is 0.800. The number of carbonyl (C=O) groups is 1. The molecule has 1 atom stereocenters. The van der Waals surface area contributed by atoms with E-state index >= 15 is 0 Å². The number of aromatic nitrogens is 1. The number of pyridine rings is 1. The Morgan fingerprint density at radius 3 is 2.86 bits per heavy atom. The van der Waals surface area contributed by atoms with Gasteiger partial charge in [-0.2, -0.15) is 5.26 Å². The van der Waals surface area contributed by atoms with Gasteiger partial charge in [-0.25, -0.2) is 4.98 Å². The third kappa shape index (κ3) is 2.78. The first-order valence-corrected chi connectivity index (χ1v) is 7.74. The van der Waals surface area contributed by atoms with Crippen LogP contribution in [0.5, 0.6) is 0 Å². The zero-order valence-electron chi connectivity index (χ0n) is 13.7. The first-order chi connectivity index (χ1) is 10.4. The lowest BCUT2D eigenvalue weighted by Gasteiger charge is -2.31. The lowest BCUT2D eigenvalue weighted by atomic mass is 9.76. The van der Waals surface area contributed by atoms with E-state index in [2.05, 4.69) is 24.9 Å². The van der Waals surface area contributed by atoms with Crippen molar-refractivity contribution in [2.24, 2.45) is 11.3 Å². The normalized spacial score (nSPS) is 21.0. The Bertz CT molecular complexity index is 606. The SMILES string of the molecule is CCOC(=O)C1(C(C)C)CCN(c2nc(C)ccc2C#N)C1. The molecule has 1 fully saturated rings. The molecule has 2 heterocycles. The predicted octanol–water partition coefficient (Wildman–Crippen LogP) is 2.68. The number of anilines is 1. The van der Waals surface area contributed by atoms with Gasteiger partial charge in [-0.3, -0.25) is 4.79 Å². The van der Waals surface area contributed by atoms with Gasteiger partial charge in [0, 0.05) is 18.8 Å². The molecule has 1 aromatic rings. The Morgan fingerprint density at radius 1 is 1.55 bits per heavy atom. The summed E-state index contributed by atoms with van der Waals surface area (Å²) in [6.07, 6.45) is 0.726. The van der Waals surface area contributed by atoms with Crippen LogP contribution in [0.15, 0.2) is 12.1 Å². The fourth-order valence-corrected chi connectivity index (χ4v) is 3.03. The van der Waals surface area contributed by atoms with Gasteiger partial charge in [0.1, 0.15) is 11.9 Å². The van der Waals surface area contributed by atoms with E-state index in [0.717, 1.165) is 12.1 Å². The van der Waals surface area contributed by atoms with Crippen LogP contribution in [-0.4, -0.2) is 30.6 Å². The molecule has 1 aliphatic heterocycles. The molecule has 1 aliphatic rings. The van der Waals surface area contributed by atoms with Crippen LogP contribution in [-0.2, 0) is 9.53 Å². The van der Waals surface area contributed by atoms with Gasteiger partial charge in [-0.15, -0.1) is 0 Å². The van der Waals surface area contributed by atoms with E-state index in [1.807, 2.05) is 24.8 Å². The summed E-state index contributed by atoms with van der Waals surface area (Å²) in [6.45, 7) is 9.48. The highest BCUT2D eigenvalue weighted by atomic mass is 16.5. The molecule has 2 rings (SSSR count). The second-order valence-corrected chi connectivity index (χ2v) is 6.14. The molecule has 5 nitrogen and oxygen atoms in total. The van der Waals surface area contributed by atoms with E-state index in [0.29, 0.717) is 31.1 Å². The molecule has 0 spiro atoms. The molecular weight excluding hydrogens is 278 g/mol. The Morgan fingerprint density at radius 2 is 2.27 bits per heavy atom. The monoisotopic (exact) mass is 301 g/mol. The van der Waals surface area contributed by atoms with Crippen LogP contribution in [0.3, 0.4) is 0 Å². The summed E-state index contributed by atoms with van der Waals surface area (Å²) >= 11 is 0. The van der Waals surface area contributed by atoms with Crippen molar-refractivity contribution in [2.45, 2.75) is 34.1 Å². The molecule has 118 valence electrons. The summed E-state index contributed by atoms with van der Waals surface area (Å²) in [5.41, 5.74) is 0.898. The van der Waals surface area contributed by atoms with Crippen molar-refractivity contribution in [3.05, 3.63) is 23.4 Å². The minimum atomic E-state index is -0.520. The van der Waals surface area contributed by atoms with Gasteiger partial charge in [0.2, 0.25) is 0 Å². The largest absolute Gasteiger partial charge is 0.466 e. The van der Waals surface area contributed by atoms with Gasteiger partial charge in [-0.1, -0.05) is 13.8 Å². The minimum absolute atomic E-state index is 0.140. The summed E-state index contributed by atoms with van der Waals surface area (Å²) in [5.74, 6) is 0.708. The number of esters is 1. The van der Waals surface area contributed by atoms with E-state index in [1.165, 1.54) is 0 Å². The lowest BCUT2D eigenvalue weighted by Crippen LogP contribution is -2.41. The first-order valence-electron chi connectivity index (χ1n) is 7.74. The molecule has 22 heavy (non-hydrogen) atoms. The molecule has 0 aromatic carbocycles. The number of nitriles is 1. The van der Waals surface area contributed by atoms with Gasteiger partial charge >= 0.3 is 5.97 Å². The maximum atomic E-state index is 12.5. The molecular formula is C17H23N3O2. The van der Waals surface area contributed by atoms with E-state index in [9.17, 15) is 10.1 Å². The number of nitrogens with zero attached hydrogens (tertiary/aromatic N) is 3. The van der Waals surface area contributed by atoms with E-state index in [4.69, 9.17) is 4.74 Å². The van der Waals surface area contributed by atoms with Gasteiger partial charge in [0.25, 0.3) is 0 Å². The predicted molar refractivity (Wildman–Crippen MR) is 84.4 cm³/mol. The summed E-state index contributed by atoms with van der Waals surface area (Å²) in [5, 5.41) is 9.29. The fourth-order valence-electron chi connectivity index (χ4n) is 3.03. The molecule has 0 aliphatic carbocycles. The standard InChI is InChI=1S/C17H23N3O2/c1-5-22-16(21)17(12(2)3)8-9-20(11-17)15-14(10-18)7-6-13(4)19-15/h6-7,12H,5,8-9,11H2,1-4H3. The average molecular weight is 301 g/mol. The molecule has 5 heteroatoms. The van der Waals surface area contributed by atoms with Crippen LogP contribution in [0.25, 0.3) is 0 Å². The van der Waals surface area contributed by atoms with Gasteiger partial charge < -0.3 is 9.64 Å². The van der Waals surface area contributed by atoms with E-state index < -0.39 is 5.41 Å². The number of hydrogen-bond donors (Lipinski definition) is 0. The molecule has 1 unspecified atom stereocenters. The van der Waals surface area contributed by atoms with Crippen LogP contribution < -0.4 is 4.90 Å². The summed E-state index contributed by atoms with van der Waals surface area (Å²) < 4.78 is 5.30. The van der Waals surface area contributed by atoms with Gasteiger partial charge in [-0.05, 0) is 38.3 Å². The smallest absolute Gasteiger partial charge is 0.314 e. The summed E-state index contributed by atoms with van der Waals surface area (Å²) in [7, 11) is 0. The Balaban J connectivity index is 2.33. The first kappa shape index (κ1) is 16.3. The van der Waals surface area contributed by atoms with Gasteiger partial charge in [0.05, 0.1) is 17.6 Å². The highest BCUT2D eigenvalue weighted by Crippen LogP contribution is 2.41. The van der Waals surface area contributed by atoms with Crippen molar-refractivity contribution in [2.75, 3.05) is 24.6 Å². The number of carbonyl (C=O) groups excluding carboxylic acids is 1. The van der Waals surface area contributed by atoms with Crippen LogP contribution >= 0.6 is 0 Å². The number of ether oxygens (including phenoxy) is 1. The third-order valence-electron chi connectivity index (χ3n) is 4.52. The molecule has 0 N–H and O–H groups in total. The Labute approximate surface area is 131 Å².